The third-order valence-electron chi connectivity index (χ3n) is 12.4. The first-order valence-corrected chi connectivity index (χ1v) is 20.5. The van der Waals surface area contributed by atoms with E-state index < -0.39 is 0 Å². The van der Waals surface area contributed by atoms with E-state index in [0.29, 0.717) is 0 Å². The van der Waals surface area contributed by atoms with E-state index in [4.69, 9.17) is 4.42 Å². The van der Waals surface area contributed by atoms with E-state index in [1.54, 1.807) is 6.07 Å². The van der Waals surface area contributed by atoms with Gasteiger partial charge in [-0.2, -0.15) is 0 Å². The highest BCUT2D eigenvalue weighted by atomic mass is 16.3. The van der Waals surface area contributed by atoms with Gasteiger partial charge in [0.05, 0.1) is 27.5 Å². The van der Waals surface area contributed by atoms with Crippen LogP contribution < -0.4 is 5.32 Å². The zero-order chi connectivity index (χ0) is 39.0. The highest BCUT2D eigenvalue weighted by molar-refractivity contribution is 6.24. The van der Waals surface area contributed by atoms with Gasteiger partial charge in [0.15, 0.2) is 0 Å². The predicted octanol–water partition coefficient (Wildman–Crippen LogP) is 14.5. The molecule has 11 aromatic rings. The van der Waals surface area contributed by atoms with Crippen LogP contribution in [0, 0.1) is 0 Å². The number of nitrogens with zero attached hydrogens (tertiary/aromatic N) is 2. The first-order valence-electron chi connectivity index (χ1n) is 20.5. The van der Waals surface area contributed by atoms with Crippen LogP contribution >= 0.6 is 0 Å². The lowest BCUT2D eigenvalue weighted by Crippen LogP contribution is -2.08. The number of benzene rings is 8. The van der Waals surface area contributed by atoms with Gasteiger partial charge in [-0.1, -0.05) is 97.1 Å². The van der Waals surface area contributed by atoms with Crippen molar-refractivity contribution >= 4 is 76.8 Å². The lowest BCUT2D eigenvalue weighted by atomic mass is 9.91. The van der Waals surface area contributed by atoms with E-state index in [1.807, 2.05) is 36.4 Å². The van der Waals surface area contributed by atoms with Crippen LogP contribution in [0.1, 0.15) is 31.2 Å². The van der Waals surface area contributed by atoms with Crippen LogP contribution in [-0.2, 0) is 0 Å². The molecule has 1 aliphatic carbocycles. The second-order valence-electron chi connectivity index (χ2n) is 15.8. The number of para-hydroxylation sites is 2. The number of phenols is 1. The Morgan fingerprint density at radius 2 is 1.12 bits per heavy atom. The normalized spacial score (nSPS) is 13.5. The average molecular weight is 762 g/mol. The molecule has 1 aliphatic rings. The summed E-state index contributed by atoms with van der Waals surface area (Å²) in [5.74, 6) is 0.256. The van der Waals surface area contributed by atoms with Gasteiger partial charge < -0.3 is 24.0 Å². The Labute approximate surface area is 340 Å². The Balaban J connectivity index is 1.00. The third-order valence-corrected chi connectivity index (χ3v) is 12.4. The summed E-state index contributed by atoms with van der Waals surface area (Å²) in [6.07, 6.45) is 4.58. The Morgan fingerprint density at radius 1 is 0.475 bits per heavy atom. The molecule has 0 spiro atoms. The van der Waals surface area contributed by atoms with E-state index >= 15 is 0 Å². The fourth-order valence-corrected chi connectivity index (χ4v) is 9.71. The summed E-state index contributed by atoms with van der Waals surface area (Å²) in [5, 5.41) is 21.6. The molecule has 0 unspecified atom stereocenters. The quantitative estimate of drug-likeness (QED) is 0.177. The minimum atomic E-state index is 0.256. The molecule has 0 radical (unpaired) electrons. The molecule has 0 atom stereocenters. The second kappa shape index (κ2) is 13.3. The molecule has 0 saturated carbocycles. The minimum absolute atomic E-state index is 0.256. The van der Waals surface area contributed by atoms with Crippen molar-refractivity contribution in [1.82, 2.24) is 9.13 Å². The first-order chi connectivity index (χ1) is 29.2. The molecule has 8 aromatic carbocycles. The Morgan fingerprint density at radius 3 is 1.95 bits per heavy atom. The van der Waals surface area contributed by atoms with Crippen molar-refractivity contribution in [3.05, 3.63) is 187 Å². The summed E-state index contributed by atoms with van der Waals surface area (Å²) in [7, 11) is 0. The van der Waals surface area contributed by atoms with Crippen molar-refractivity contribution in [3.8, 4) is 28.3 Å². The summed E-state index contributed by atoms with van der Waals surface area (Å²) in [5.41, 5.74) is 15.2. The number of rotatable bonds is 6. The van der Waals surface area contributed by atoms with Gasteiger partial charge in [-0.15, -0.1) is 0 Å². The van der Waals surface area contributed by atoms with Crippen molar-refractivity contribution in [3.63, 3.8) is 0 Å². The molecular weight excluding hydrogens is 723 g/mol. The smallest absolute Gasteiger partial charge is 0.145 e. The number of furan rings is 1. The van der Waals surface area contributed by atoms with Gasteiger partial charge in [0.1, 0.15) is 16.9 Å². The largest absolute Gasteiger partial charge is 0.507 e. The van der Waals surface area contributed by atoms with E-state index in [-0.39, 0.29) is 5.75 Å². The highest BCUT2D eigenvalue weighted by Gasteiger charge is 2.21. The Hall–Kier alpha value is -7.50. The fourth-order valence-electron chi connectivity index (χ4n) is 9.71. The molecular formula is C54H39N3O2. The van der Waals surface area contributed by atoms with Gasteiger partial charge in [-0.3, -0.25) is 0 Å². The molecule has 0 fully saturated rings. The number of anilines is 1. The average Bonchev–Trinajstić information content (AvgIpc) is 3.95. The van der Waals surface area contributed by atoms with Crippen molar-refractivity contribution in [2.45, 2.75) is 25.7 Å². The molecule has 12 rings (SSSR count). The molecule has 5 heteroatoms. The van der Waals surface area contributed by atoms with Crippen molar-refractivity contribution < 1.29 is 9.52 Å². The number of aromatic hydroxyl groups is 1. The SMILES string of the molecule is Oc1ccc(-n2c3ccccc3c3c4oc5ccc(-n6c7ccccc7c7cc(NC8=C(c9ccccc9)CCCC8)ccc76)cc5c4ccc32)cc1-c1ccccc1. The molecule has 59 heavy (non-hydrogen) atoms. The standard InChI is InChI=1S/C54H39N3O2/c58-51-29-24-37(32-43(51)35-15-5-2-6-16-35)57-48-22-12-9-19-42(48)53-50(57)28-26-41-45-33-38(25-30-52(45)59-54(41)53)56-47-21-11-8-18-40(47)44-31-36(23-27-49(44)56)55-46-20-10-7-17-39(46)34-13-3-1-4-14-34/h1-6,8-9,11-16,18-19,21-33,55,58H,7,10,17,20H2. The van der Waals surface area contributed by atoms with Gasteiger partial charge in [-0.05, 0) is 121 Å². The molecule has 282 valence electrons. The fraction of sp³-hybridized carbons (Fsp3) is 0.0741. The predicted molar refractivity (Wildman–Crippen MR) is 245 cm³/mol. The summed E-state index contributed by atoms with van der Waals surface area (Å²) in [6, 6.07) is 61.8. The number of hydrogen-bond donors (Lipinski definition) is 2. The van der Waals surface area contributed by atoms with E-state index in [9.17, 15) is 5.11 Å². The zero-order valence-electron chi connectivity index (χ0n) is 32.3. The number of allylic oxidation sites excluding steroid dienone is 2. The number of phenolic OH excluding ortho intramolecular Hbond substituents is 1. The summed E-state index contributed by atoms with van der Waals surface area (Å²) < 4.78 is 11.5. The molecule has 2 N–H and O–H groups in total. The minimum Gasteiger partial charge on any atom is -0.507 e. The maximum absolute atomic E-state index is 10.9. The van der Waals surface area contributed by atoms with Gasteiger partial charge in [0, 0.05) is 55.3 Å². The molecule has 3 heterocycles. The first kappa shape index (κ1) is 33.6. The second-order valence-corrected chi connectivity index (χ2v) is 15.8. The van der Waals surface area contributed by atoms with Crippen molar-refractivity contribution in [2.75, 3.05) is 5.32 Å². The van der Waals surface area contributed by atoms with Crippen LogP contribution in [0.5, 0.6) is 5.75 Å². The number of hydrogen-bond acceptors (Lipinski definition) is 3. The molecule has 0 saturated heterocycles. The van der Waals surface area contributed by atoms with Crippen molar-refractivity contribution in [2.24, 2.45) is 0 Å². The third kappa shape index (κ3) is 5.31. The van der Waals surface area contributed by atoms with Crippen LogP contribution in [-0.4, -0.2) is 14.2 Å². The molecule has 3 aromatic heterocycles. The zero-order valence-corrected chi connectivity index (χ0v) is 32.3. The highest BCUT2D eigenvalue weighted by Crippen LogP contribution is 2.43. The van der Waals surface area contributed by atoms with Crippen LogP contribution in [0.2, 0.25) is 0 Å². The monoisotopic (exact) mass is 761 g/mol. The maximum atomic E-state index is 10.9. The number of nitrogens with one attached hydrogen (secondary N) is 1. The summed E-state index contributed by atoms with van der Waals surface area (Å²) in [4.78, 5) is 0. The van der Waals surface area contributed by atoms with E-state index in [1.165, 1.54) is 51.5 Å². The van der Waals surface area contributed by atoms with Crippen LogP contribution in [0.25, 0.3) is 93.6 Å². The van der Waals surface area contributed by atoms with E-state index in [2.05, 4.69) is 148 Å². The maximum Gasteiger partial charge on any atom is 0.145 e. The lowest BCUT2D eigenvalue weighted by molar-refractivity contribution is 0.477. The molecule has 0 aliphatic heterocycles. The summed E-state index contributed by atoms with van der Waals surface area (Å²) >= 11 is 0. The number of fused-ring (bicyclic) bond motifs is 10. The lowest BCUT2D eigenvalue weighted by Gasteiger charge is -2.22. The van der Waals surface area contributed by atoms with Gasteiger partial charge in [0.25, 0.3) is 0 Å². The van der Waals surface area contributed by atoms with Crippen molar-refractivity contribution in [1.29, 1.82) is 0 Å². The molecule has 0 bridgehead atoms. The van der Waals surface area contributed by atoms with Gasteiger partial charge in [-0.25, -0.2) is 0 Å². The Bertz CT molecular complexity index is 3480. The molecule has 0 amide bonds. The Kier molecular flexibility index (Phi) is 7.57. The van der Waals surface area contributed by atoms with E-state index in [0.717, 1.165) is 84.8 Å². The van der Waals surface area contributed by atoms with Crippen LogP contribution in [0.15, 0.2) is 186 Å². The number of aromatic nitrogens is 2. The summed E-state index contributed by atoms with van der Waals surface area (Å²) in [6.45, 7) is 0. The van der Waals surface area contributed by atoms with Crippen LogP contribution in [0.4, 0.5) is 5.69 Å². The van der Waals surface area contributed by atoms with Gasteiger partial charge >= 0.3 is 0 Å². The molecule has 5 nitrogen and oxygen atoms in total. The van der Waals surface area contributed by atoms with Crippen LogP contribution in [0.3, 0.4) is 0 Å². The van der Waals surface area contributed by atoms with Gasteiger partial charge in [0.2, 0.25) is 0 Å². The topological polar surface area (TPSA) is 55.3 Å².